The molecule has 0 radical (unpaired) electrons. The molecule has 0 spiro atoms. The number of rotatable bonds is 6. The van der Waals surface area contributed by atoms with Gasteiger partial charge in [-0.15, -0.1) is 11.3 Å². The zero-order chi connectivity index (χ0) is 14.6. The molecule has 2 aromatic rings. The molecule has 108 valence electrons. The van der Waals surface area contributed by atoms with Gasteiger partial charge < -0.3 is 15.2 Å². The minimum Gasteiger partial charge on any atom is -0.508 e. The Kier molecular flexibility index (Phi) is 4.68. The first kappa shape index (κ1) is 14.9. The maximum absolute atomic E-state index is 9.85. The van der Waals surface area contributed by atoms with Crippen LogP contribution in [0.5, 0.6) is 11.5 Å². The van der Waals surface area contributed by atoms with Gasteiger partial charge in [-0.25, -0.2) is 0 Å². The molecule has 4 heteroatoms. The Bertz CT molecular complexity index is 550. The third-order valence-corrected chi connectivity index (χ3v) is 4.59. The van der Waals surface area contributed by atoms with Crippen LogP contribution < -0.4 is 10.1 Å². The number of methoxy groups -OCH3 is 1. The van der Waals surface area contributed by atoms with Crippen molar-refractivity contribution in [1.82, 2.24) is 5.32 Å². The lowest BCUT2D eigenvalue weighted by atomic mass is 9.91. The molecule has 0 atom stereocenters. The fourth-order valence-electron chi connectivity index (χ4n) is 2.09. The van der Waals surface area contributed by atoms with Crippen LogP contribution in [0.3, 0.4) is 0 Å². The molecular weight excluding hydrogens is 270 g/mol. The van der Waals surface area contributed by atoms with E-state index in [4.69, 9.17) is 4.74 Å². The number of aromatic hydroxyl groups is 1. The number of ether oxygens (including phenoxy) is 1. The summed E-state index contributed by atoms with van der Waals surface area (Å²) in [5.41, 5.74) is 0.939. The molecule has 0 aliphatic carbocycles. The van der Waals surface area contributed by atoms with Crippen molar-refractivity contribution >= 4 is 11.3 Å². The van der Waals surface area contributed by atoms with E-state index in [9.17, 15) is 5.11 Å². The summed E-state index contributed by atoms with van der Waals surface area (Å²) in [6.45, 7) is 5.91. The lowest BCUT2D eigenvalue weighted by Gasteiger charge is -2.24. The van der Waals surface area contributed by atoms with Crippen molar-refractivity contribution in [3.8, 4) is 11.5 Å². The average Bonchev–Trinajstić information content (AvgIpc) is 2.95. The molecule has 2 N–H and O–H groups in total. The number of nitrogens with one attached hydrogen (secondary N) is 1. The fourth-order valence-corrected chi connectivity index (χ4v) is 2.94. The minimum atomic E-state index is 0.0860. The van der Waals surface area contributed by atoms with Crippen LogP contribution in [0.1, 0.15) is 24.3 Å². The van der Waals surface area contributed by atoms with E-state index in [0.717, 1.165) is 17.9 Å². The molecule has 1 aromatic heterocycles. The van der Waals surface area contributed by atoms with E-state index in [0.29, 0.717) is 12.3 Å². The zero-order valence-electron chi connectivity index (χ0n) is 12.1. The van der Waals surface area contributed by atoms with Gasteiger partial charge in [0.25, 0.3) is 0 Å². The summed E-state index contributed by atoms with van der Waals surface area (Å²) in [4.78, 5) is 1.36. The van der Waals surface area contributed by atoms with Gasteiger partial charge in [0.05, 0.1) is 7.11 Å². The van der Waals surface area contributed by atoms with Gasteiger partial charge in [0.2, 0.25) is 0 Å². The molecule has 0 fully saturated rings. The van der Waals surface area contributed by atoms with Crippen molar-refractivity contribution in [1.29, 1.82) is 0 Å². The molecule has 2 rings (SSSR count). The number of phenolic OH excluding ortho intramolecular Hbond substituents is 1. The van der Waals surface area contributed by atoms with Crippen molar-refractivity contribution in [3.63, 3.8) is 0 Å². The van der Waals surface area contributed by atoms with E-state index in [1.807, 2.05) is 6.07 Å². The largest absolute Gasteiger partial charge is 0.508 e. The summed E-state index contributed by atoms with van der Waals surface area (Å²) in [5.74, 6) is 1.06. The quantitative estimate of drug-likeness (QED) is 0.855. The topological polar surface area (TPSA) is 41.5 Å². The van der Waals surface area contributed by atoms with E-state index in [1.165, 1.54) is 4.88 Å². The van der Waals surface area contributed by atoms with Crippen molar-refractivity contribution in [2.24, 2.45) is 0 Å². The second-order valence-corrected chi connectivity index (χ2v) is 6.41. The summed E-state index contributed by atoms with van der Waals surface area (Å²) < 4.78 is 5.18. The molecule has 1 heterocycles. The Morgan fingerprint density at radius 1 is 1.30 bits per heavy atom. The average molecular weight is 291 g/mol. The molecule has 0 aliphatic rings. The first-order valence-electron chi connectivity index (χ1n) is 6.63. The van der Waals surface area contributed by atoms with Gasteiger partial charge in [-0.2, -0.15) is 0 Å². The molecule has 0 bridgehead atoms. The van der Waals surface area contributed by atoms with Crippen LogP contribution in [0.2, 0.25) is 0 Å². The minimum absolute atomic E-state index is 0.0860. The van der Waals surface area contributed by atoms with E-state index in [-0.39, 0.29) is 5.41 Å². The van der Waals surface area contributed by atoms with Gasteiger partial charge in [-0.3, -0.25) is 0 Å². The predicted molar refractivity (Wildman–Crippen MR) is 83.7 cm³/mol. The van der Waals surface area contributed by atoms with E-state index in [2.05, 4.69) is 36.7 Å². The number of benzene rings is 1. The third kappa shape index (κ3) is 3.52. The second-order valence-electron chi connectivity index (χ2n) is 5.46. The molecule has 0 saturated carbocycles. The van der Waals surface area contributed by atoms with E-state index in [1.54, 1.807) is 30.6 Å². The molecule has 0 saturated heterocycles. The molecule has 0 amide bonds. The summed E-state index contributed by atoms with van der Waals surface area (Å²) >= 11 is 1.78. The summed E-state index contributed by atoms with van der Waals surface area (Å²) in [6, 6.07) is 9.53. The normalized spacial score (nSPS) is 11.6. The van der Waals surface area contributed by atoms with Gasteiger partial charge in [-0.1, -0.05) is 19.9 Å². The van der Waals surface area contributed by atoms with Gasteiger partial charge in [0.1, 0.15) is 11.5 Å². The Balaban J connectivity index is 1.96. The summed E-state index contributed by atoms with van der Waals surface area (Å²) in [7, 11) is 1.63. The van der Waals surface area contributed by atoms with Crippen LogP contribution >= 0.6 is 11.3 Å². The summed E-state index contributed by atoms with van der Waals surface area (Å²) in [5, 5.41) is 15.4. The van der Waals surface area contributed by atoms with Crippen LogP contribution in [0.25, 0.3) is 0 Å². The number of thiophene rings is 1. The SMILES string of the molecule is COc1ccc(O)c(CNCC(C)(C)c2cccs2)c1. The number of hydrogen-bond acceptors (Lipinski definition) is 4. The summed E-state index contributed by atoms with van der Waals surface area (Å²) in [6.07, 6.45) is 0. The maximum Gasteiger partial charge on any atom is 0.120 e. The monoisotopic (exact) mass is 291 g/mol. The fraction of sp³-hybridized carbons (Fsp3) is 0.375. The third-order valence-electron chi connectivity index (χ3n) is 3.36. The van der Waals surface area contributed by atoms with Crippen LogP contribution in [0.4, 0.5) is 0 Å². The lowest BCUT2D eigenvalue weighted by Crippen LogP contribution is -2.31. The zero-order valence-corrected chi connectivity index (χ0v) is 13.0. The Labute approximate surface area is 124 Å². The van der Waals surface area contributed by atoms with Crippen molar-refractivity contribution < 1.29 is 9.84 Å². The van der Waals surface area contributed by atoms with E-state index < -0.39 is 0 Å². The highest BCUT2D eigenvalue weighted by Gasteiger charge is 2.21. The molecule has 20 heavy (non-hydrogen) atoms. The van der Waals surface area contributed by atoms with Gasteiger partial charge >= 0.3 is 0 Å². The van der Waals surface area contributed by atoms with Gasteiger partial charge in [-0.05, 0) is 29.6 Å². The standard InChI is InChI=1S/C16H21NO2S/c1-16(2,15-5-4-8-20-15)11-17-10-12-9-13(19-3)6-7-14(12)18/h4-9,17-18H,10-11H2,1-3H3. The molecule has 0 unspecified atom stereocenters. The smallest absolute Gasteiger partial charge is 0.120 e. The van der Waals surface area contributed by atoms with Gasteiger partial charge in [0, 0.05) is 28.9 Å². The molecule has 3 nitrogen and oxygen atoms in total. The van der Waals surface area contributed by atoms with Gasteiger partial charge in [0.15, 0.2) is 0 Å². The highest BCUT2D eigenvalue weighted by Crippen LogP contribution is 2.27. The second kappa shape index (κ2) is 6.29. The highest BCUT2D eigenvalue weighted by molar-refractivity contribution is 7.10. The molecule has 0 aliphatic heterocycles. The van der Waals surface area contributed by atoms with Crippen molar-refractivity contribution in [2.75, 3.05) is 13.7 Å². The highest BCUT2D eigenvalue weighted by atomic mass is 32.1. The maximum atomic E-state index is 9.85. The van der Waals surface area contributed by atoms with Crippen LogP contribution in [-0.4, -0.2) is 18.8 Å². The lowest BCUT2D eigenvalue weighted by molar-refractivity contribution is 0.409. The first-order valence-corrected chi connectivity index (χ1v) is 7.51. The molecular formula is C16H21NO2S. The van der Waals surface area contributed by atoms with Crippen molar-refractivity contribution in [3.05, 3.63) is 46.2 Å². The van der Waals surface area contributed by atoms with Crippen molar-refractivity contribution in [2.45, 2.75) is 25.8 Å². The predicted octanol–water partition coefficient (Wildman–Crippen LogP) is 3.53. The Morgan fingerprint density at radius 2 is 2.10 bits per heavy atom. The van der Waals surface area contributed by atoms with Crippen LogP contribution in [-0.2, 0) is 12.0 Å². The van der Waals surface area contributed by atoms with Crippen LogP contribution in [0.15, 0.2) is 35.7 Å². The Morgan fingerprint density at radius 3 is 2.75 bits per heavy atom. The van der Waals surface area contributed by atoms with E-state index >= 15 is 0 Å². The number of hydrogen-bond donors (Lipinski definition) is 2. The molecule has 1 aromatic carbocycles. The Hall–Kier alpha value is -1.52. The van der Waals surface area contributed by atoms with Crippen LogP contribution in [0, 0.1) is 0 Å². The number of phenols is 1. The first-order chi connectivity index (χ1) is 9.53.